The molecule has 1 aliphatic carbocycles. The van der Waals surface area contributed by atoms with E-state index in [1.165, 1.54) is 12.8 Å². The van der Waals surface area contributed by atoms with Crippen LogP contribution < -0.4 is 5.32 Å². The van der Waals surface area contributed by atoms with Gasteiger partial charge in [-0.1, -0.05) is 0 Å². The number of rotatable bonds is 4. The standard InChI is InChI=1S/C20H24N4O3/c1-13(19(26)24-11-9-20(7-8-20)10-12-24)21-17(25)15-3-5-16(6-4-15)18-23-22-14(2)27-18/h3-6,13H,7-12H2,1-2H3,(H,21,25)/t13-/m1/s1. The molecule has 2 amide bonds. The van der Waals surface area contributed by atoms with Crippen LogP contribution in [0.3, 0.4) is 0 Å². The summed E-state index contributed by atoms with van der Waals surface area (Å²) in [5.74, 6) is 0.641. The van der Waals surface area contributed by atoms with Crippen molar-refractivity contribution >= 4 is 11.8 Å². The zero-order chi connectivity index (χ0) is 19.0. The largest absolute Gasteiger partial charge is 0.421 e. The molecule has 1 N–H and O–H groups in total. The van der Waals surface area contributed by atoms with E-state index in [9.17, 15) is 9.59 Å². The van der Waals surface area contributed by atoms with E-state index >= 15 is 0 Å². The van der Waals surface area contributed by atoms with Gasteiger partial charge in [-0.3, -0.25) is 9.59 Å². The second-order valence-electron chi connectivity index (χ2n) is 7.72. The third-order valence-electron chi connectivity index (χ3n) is 5.73. The van der Waals surface area contributed by atoms with Crippen LogP contribution in [0, 0.1) is 12.3 Å². The number of hydrogen-bond acceptors (Lipinski definition) is 5. The number of likely N-dealkylation sites (tertiary alicyclic amines) is 1. The van der Waals surface area contributed by atoms with Crippen molar-refractivity contribution in [1.82, 2.24) is 20.4 Å². The molecule has 4 rings (SSSR count). The highest BCUT2D eigenvalue weighted by atomic mass is 16.4. The van der Waals surface area contributed by atoms with Crippen LogP contribution in [0.1, 0.15) is 48.9 Å². The first-order valence-corrected chi connectivity index (χ1v) is 9.46. The lowest BCUT2D eigenvalue weighted by molar-refractivity contribution is -0.134. The Morgan fingerprint density at radius 2 is 1.78 bits per heavy atom. The number of carbonyl (C=O) groups is 2. The first kappa shape index (κ1) is 17.7. The number of piperidine rings is 1. The quantitative estimate of drug-likeness (QED) is 0.896. The molecule has 142 valence electrons. The third-order valence-corrected chi connectivity index (χ3v) is 5.73. The van der Waals surface area contributed by atoms with E-state index in [4.69, 9.17) is 4.42 Å². The highest BCUT2D eigenvalue weighted by molar-refractivity contribution is 5.97. The van der Waals surface area contributed by atoms with Crippen LogP contribution in [0.4, 0.5) is 0 Å². The van der Waals surface area contributed by atoms with Crippen LogP contribution in [0.5, 0.6) is 0 Å². The zero-order valence-corrected chi connectivity index (χ0v) is 15.7. The molecule has 7 heteroatoms. The van der Waals surface area contributed by atoms with Crippen molar-refractivity contribution in [2.24, 2.45) is 5.41 Å². The molecule has 7 nitrogen and oxygen atoms in total. The van der Waals surface area contributed by atoms with Crippen molar-refractivity contribution in [2.45, 2.75) is 45.6 Å². The first-order chi connectivity index (χ1) is 13.0. The summed E-state index contributed by atoms with van der Waals surface area (Å²) in [4.78, 5) is 27.0. The van der Waals surface area contributed by atoms with Gasteiger partial charge in [0.05, 0.1) is 0 Å². The minimum absolute atomic E-state index is 0.00296. The molecule has 1 aliphatic heterocycles. The van der Waals surface area contributed by atoms with Crippen LogP contribution in [0.15, 0.2) is 28.7 Å². The molecule has 0 unspecified atom stereocenters. The van der Waals surface area contributed by atoms with Crippen LogP contribution in [0.2, 0.25) is 0 Å². The Bertz CT molecular complexity index is 844. The fraction of sp³-hybridized carbons (Fsp3) is 0.500. The number of aromatic nitrogens is 2. The molecule has 2 aromatic rings. The lowest BCUT2D eigenvalue weighted by atomic mass is 9.93. The van der Waals surface area contributed by atoms with Crippen LogP contribution in [0.25, 0.3) is 11.5 Å². The van der Waals surface area contributed by atoms with Gasteiger partial charge in [0.1, 0.15) is 6.04 Å². The smallest absolute Gasteiger partial charge is 0.251 e. The molecule has 1 saturated heterocycles. The number of nitrogens with one attached hydrogen (secondary N) is 1. The minimum Gasteiger partial charge on any atom is -0.421 e. The van der Waals surface area contributed by atoms with Crippen LogP contribution >= 0.6 is 0 Å². The van der Waals surface area contributed by atoms with Crippen molar-refractivity contribution in [3.05, 3.63) is 35.7 Å². The molecule has 1 saturated carbocycles. The molecular formula is C20H24N4O3. The van der Waals surface area contributed by atoms with E-state index in [1.54, 1.807) is 38.1 Å². The Kier molecular flexibility index (Phi) is 4.45. The first-order valence-electron chi connectivity index (χ1n) is 9.46. The Hall–Kier alpha value is -2.70. The Morgan fingerprint density at radius 3 is 2.33 bits per heavy atom. The summed E-state index contributed by atoms with van der Waals surface area (Å²) in [6, 6.07) is 6.37. The summed E-state index contributed by atoms with van der Waals surface area (Å²) < 4.78 is 5.38. The molecule has 0 radical (unpaired) electrons. The van der Waals surface area contributed by atoms with E-state index in [0.717, 1.165) is 31.5 Å². The lowest BCUT2D eigenvalue weighted by Crippen LogP contribution is -2.49. The Balaban J connectivity index is 1.34. The van der Waals surface area contributed by atoms with Gasteiger partial charge in [0.25, 0.3) is 5.91 Å². The van der Waals surface area contributed by atoms with Crippen LogP contribution in [-0.2, 0) is 4.79 Å². The molecule has 27 heavy (non-hydrogen) atoms. The topological polar surface area (TPSA) is 88.3 Å². The Morgan fingerprint density at radius 1 is 1.11 bits per heavy atom. The summed E-state index contributed by atoms with van der Waals surface area (Å²) >= 11 is 0. The molecule has 1 aromatic carbocycles. The van der Waals surface area contributed by atoms with Gasteiger partial charge in [-0.05, 0) is 62.3 Å². The number of amides is 2. The maximum atomic E-state index is 12.6. The molecule has 0 bridgehead atoms. The lowest BCUT2D eigenvalue weighted by Gasteiger charge is -2.33. The molecule has 2 aliphatic rings. The number of hydrogen-bond donors (Lipinski definition) is 1. The van der Waals surface area contributed by atoms with Crippen LogP contribution in [-0.4, -0.2) is 46.0 Å². The second-order valence-corrected chi connectivity index (χ2v) is 7.72. The summed E-state index contributed by atoms with van der Waals surface area (Å²) in [6.07, 6.45) is 4.80. The van der Waals surface area contributed by atoms with Crippen molar-refractivity contribution in [2.75, 3.05) is 13.1 Å². The maximum Gasteiger partial charge on any atom is 0.251 e. The van der Waals surface area contributed by atoms with E-state index in [-0.39, 0.29) is 11.8 Å². The van der Waals surface area contributed by atoms with Crippen molar-refractivity contribution in [3.8, 4) is 11.5 Å². The fourth-order valence-electron chi connectivity index (χ4n) is 3.67. The molecular weight excluding hydrogens is 344 g/mol. The summed E-state index contributed by atoms with van der Waals surface area (Å²) in [6.45, 7) is 5.08. The molecule has 1 aromatic heterocycles. The van der Waals surface area contributed by atoms with E-state index < -0.39 is 6.04 Å². The van der Waals surface area contributed by atoms with Gasteiger partial charge in [0, 0.05) is 31.1 Å². The predicted molar refractivity (Wildman–Crippen MR) is 98.9 cm³/mol. The fourth-order valence-corrected chi connectivity index (χ4v) is 3.67. The second kappa shape index (κ2) is 6.79. The molecule has 1 spiro atoms. The summed E-state index contributed by atoms with van der Waals surface area (Å²) in [5.41, 5.74) is 1.77. The number of carbonyl (C=O) groups excluding carboxylic acids is 2. The van der Waals surface area contributed by atoms with Gasteiger partial charge in [-0.2, -0.15) is 0 Å². The number of aryl methyl sites for hydroxylation is 1. The predicted octanol–water partition coefficient (Wildman–Crippen LogP) is 2.57. The molecule has 1 atom stereocenters. The number of nitrogens with zero attached hydrogens (tertiary/aromatic N) is 3. The van der Waals surface area contributed by atoms with E-state index in [0.29, 0.717) is 22.8 Å². The van der Waals surface area contributed by atoms with E-state index in [2.05, 4.69) is 15.5 Å². The highest BCUT2D eigenvalue weighted by Crippen LogP contribution is 2.53. The highest BCUT2D eigenvalue weighted by Gasteiger charge is 2.45. The van der Waals surface area contributed by atoms with Gasteiger partial charge in [-0.25, -0.2) is 0 Å². The SMILES string of the molecule is Cc1nnc(-c2ccc(C(=O)N[C@H](C)C(=O)N3CCC4(CC3)CC4)cc2)o1. The summed E-state index contributed by atoms with van der Waals surface area (Å²) in [7, 11) is 0. The van der Waals surface area contributed by atoms with Gasteiger partial charge in [0.2, 0.25) is 17.7 Å². The van der Waals surface area contributed by atoms with Gasteiger partial charge in [0.15, 0.2) is 0 Å². The van der Waals surface area contributed by atoms with Crippen molar-refractivity contribution < 1.29 is 14.0 Å². The maximum absolute atomic E-state index is 12.6. The van der Waals surface area contributed by atoms with E-state index in [1.807, 2.05) is 4.90 Å². The monoisotopic (exact) mass is 368 g/mol. The van der Waals surface area contributed by atoms with Gasteiger partial charge < -0.3 is 14.6 Å². The third kappa shape index (κ3) is 3.72. The normalized spacial score (nSPS) is 19.0. The average molecular weight is 368 g/mol. The average Bonchev–Trinajstić information content (AvgIpc) is 3.29. The van der Waals surface area contributed by atoms with Crippen molar-refractivity contribution in [1.29, 1.82) is 0 Å². The summed E-state index contributed by atoms with van der Waals surface area (Å²) in [5, 5.41) is 10.6. The minimum atomic E-state index is -0.538. The molecule has 2 fully saturated rings. The Labute approximate surface area is 158 Å². The zero-order valence-electron chi connectivity index (χ0n) is 15.7. The van der Waals surface area contributed by atoms with Gasteiger partial charge in [-0.15, -0.1) is 10.2 Å². The number of benzene rings is 1. The van der Waals surface area contributed by atoms with Crippen molar-refractivity contribution in [3.63, 3.8) is 0 Å². The molecule has 2 heterocycles. The van der Waals surface area contributed by atoms with Gasteiger partial charge >= 0.3 is 0 Å².